The van der Waals surface area contributed by atoms with Crippen LogP contribution >= 0.6 is 70.1 Å². The number of carbonyl (C=O) groups is 6. The lowest BCUT2D eigenvalue weighted by Crippen LogP contribution is -2.80. The normalized spacial score (nSPS) is 21.6. The highest BCUT2D eigenvalue weighted by Crippen LogP contribution is 2.47. The summed E-state index contributed by atoms with van der Waals surface area (Å²) in [4.78, 5) is 85.8. The van der Waals surface area contributed by atoms with E-state index < -0.39 is 58.1 Å². The first-order chi connectivity index (χ1) is 30.2. The molecule has 4 atom stereocenters. The van der Waals surface area contributed by atoms with Gasteiger partial charge in [-0.25, -0.2) is 23.9 Å². The number of fused-ring (bicyclic) bond motifs is 2. The van der Waals surface area contributed by atoms with Crippen LogP contribution in [0.4, 0.5) is 5.13 Å². The third-order valence-corrected chi connectivity index (χ3v) is 15.4. The Morgan fingerprint density at radius 2 is 1.60 bits per heavy atom. The summed E-state index contributed by atoms with van der Waals surface area (Å²) in [6.45, 7) is 0. The van der Waals surface area contributed by atoms with Crippen molar-refractivity contribution < 1.29 is 48.6 Å². The number of aliphatic carboxylic acids is 2. The molecule has 3 aromatic rings. The second-order valence-corrected chi connectivity index (χ2v) is 18.7. The average molecular weight is 983 g/mol. The molecule has 7 rings (SSSR count). The van der Waals surface area contributed by atoms with Crippen molar-refractivity contribution in [2.45, 2.75) is 32.8 Å². The molecule has 3 aromatic heterocycles. The van der Waals surface area contributed by atoms with Gasteiger partial charge in [-0.1, -0.05) is 28.7 Å². The number of hydrogen-bond donors (Lipinski definition) is 5. The molecule has 0 spiro atoms. The number of oxime groups is 1. The van der Waals surface area contributed by atoms with Gasteiger partial charge in [0.15, 0.2) is 10.8 Å². The van der Waals surface area contributed by atoms with Crippen LogP contribution in [0, 0.1) is 11.3 Å². The van der Waals surface area contributed by atoms with Crippen LogP contribution in [0.25, 0.3) is 0 Å². The first-order valence-corrected chi connectivity index (χ1v) is 23.7. The van der Waals surface area contributed by atoms with E-state index in [1.807, 2.05) is 6.07 Å². The predicted molar refractivity (Wildman–Crippen MR) is 227 cm³/mol. The number of nitrogens with one attached hydrogen (secondary N) is 2. The molecule has 0 unspecified atom stereocenters. The Hall–Kier alpha value is -5.46. The second-order valence-electron chi connectivity index (χ2n) is 12.8. The fourth-order valence-electron chi connectivity index (χ4n) is 6.17. The zero-order valence-electron chi connectivity index (χ0n) is 33.1. The molecule has 32 heteroatoms. The van der Waals surface area contributed by atoms with Gasteiger partial charge in [0, 0.05) is 49.6 Å². The van der Waals surface area contributed by atoms with Gasteiger partial charge in [0.25, 0.3) is 23.4 Å². The Balaban J connectivity index is 0.000000211. The van der Waals surface area contributed by atoms with Gasteiger partial charge in [0.05, 0.1) is 17.6 Å². The number of nitriles is 1. The van der Waals surface area contributed by atoms with Gasteiger partial charge >= 0.3 is 11.9 Å². The number of ether oxygens (including phenoxy) is 1. The fraction of sp³-hybridized carbons (Fsp3) is 0.452. The number of thioether (sulfide) groups is 5. The Labute approximate surface area is 380 Å². The minimum atomic E-state index is -1.64. The topological polar surface area (TPSA) is 354 Å². The lowest BCUT2D eigenvalue weighted by Gasteiger charge is -2.55. The van der Waals surface area contributed by atoms with Crippen LogP contribution in [0.15, 0.2) is 43.4 Å². The molecule has 0 aliphatic carbocycles. The summed E-state index contributed by atoms with van der Waals surface area (Å²) in [5.41, 5.74) is 4.96. The highest BCUT2D eigenvalue weighted by atomic mass is 32.2. The summed E-state index contributed by atoms with van der Waals surface area (Å²) in [6, 6.07) is 0.992. The van der Waals surface area contributed by atoms with Gasteiger partial charge in [-0.05, 0) is 32.0 Å². The van der Waals surface area contributed by atoms with E-state index in [0.29, 0.717) is 38.7 Å². The van der Waals surface area contributed by atoms with Crippen LogP contribution in [0.2, 0.25) is 0 Å². The number of carbonyl (C=O) groups excluding carboxylic acids is 4. The maximum Gasteiger partial charge on any atom is 0.352 e. The Morgan fingerprint density at radius 1 is 1.00 bits per heavy atom. The molecule has 2 saturated heterocycles. The van der Waals surface area contributed by atoms with Crippen molar-refractivity contribution in [2.24, 2.45) is 19.3 Å². The van der Waals surface area contributed by atoms with Crippen LogP contribution in [0.5, 0.6) is 0 Å². The molecular weight excluding hydrogens is 949 g/mol. The number of thiazole rings is 1. The van der Waals surface area contributed by atoms with E-state index in [9.17, 15) is 39.0 Å². The Kier molecular flexibility index (Phi) is 15.2. The van der Waals surface area contributed by atoms with E-state index in [-0.39, 0.29) is 45.2 Å². The van der Waals surface area contributed by atoms with Crippen LogP contribution in [0.1, 0.15) is 5.69 Å². The number of β-lactam (4-membered cyclic amide) rings is 2. The van der Waals surface area contributed by atoms with Crippen molar-refractivity contribution in [2.75, 3.05) is 54.5 Å². The molecule has 4 aliphatic rings. The van der Waals surface area contributed by atoms with E-state index in [4.69, 9.17) is 20.6 Å². The molecule has 6 N–H and O–H groups in total. The van der Waals surface area contributed by atoms with Crippen molar-refractivity contribution in [3.63, 3.8) is 0 Å². The number of nitrogens with two attached hydrogens (primary N) is 1. The SMILES string of the molecule is CO/N=C(\C(=O)N[C@@H]1C(=O)N2C(C(=O)O)=C(CSc3nnnn3C)CS[C@H]12)c1csc(N)n1.CO[C@@]1(NC(=O)CSCC#N)C(=O)N2C(C(=O)O)=C(CSc3nnnn3C)CS[C@@H]21. The molecular formula is C31H34N16O10S6. The van der Waals surface area contributed by atoms with Crippen molar-refractivity contribution in [1.82, 2.24) is 65.8 Å². The summed E-state index contributed by atoms with van der Waals surface area (Å²) in [5.74, 6) is -3.38. The lowest BCUT2D eigenvalue weighted by atomic mass is 9.98. The molecule has 4 aliphatic heterocycles. The number of carboxylic acids is 2. The number of anilines is 1. The fourth-order valence-corrected chi connectivity index (χ4v) is 11.9. The van der Waals surface area contributed by atoms with Crippen molar-refractivity contribution in [3.05, 3.63) is 33.6 Å². The molecule has 63 heavy (non-hydrogen) atoms. The molecule has 7 heterocycles. The van der Waals surface area contributed by atoms with E-state index in [1.165, 1.54) is 75.5 Å². The molecule has 26 nitrogen and oxygen atoms in total. The number of amides is 4. The molecule has 0 saturated carbocycles. The largest absolute Gasteiger partial charge is 0.477 e. The maximum absolute atomic E-state index is 12.9. The van der Waals surface area contributed by atoms with Gasteiger partial charge in [0.1, 0.15) is 41.0 Å². The van der Waals surface area contributed by atoms with Crippen LogP contribution < -0.4 is 16.4 Å². The third kappa shape index (κ3) is 9.72. The first kappa shape index (κ1) is 47.0. The molecule has 2 fully saturated rings. The summed E-state index contributed by atoms with van der Waals surface area (Å²) in [7, 11) is 5.91. The number of rotatable bonds is 17. The van der Waals surface area contributed by atoms with Crippen LogP contribution in [-0.4, -0.2) is 178 Å². The lowest BCUT2D eigenvalue weighted by molar-refractivity contribution is -0.192. The van der Waals surface area contributed by atoms with E-state index in [2.05, 4.69) is 51.8 Å². The summed E-state index contributed by atoms with van der Waals surface area (Å²) >= 11 is 7.42. The average Bonchev–Trinajstić information content (AvgIpc) is 4.01. The van der Waals surface area contributed by atoms with Crippen molar-refractivity contribution in [1.29, 1.82) is 5.26 Å². The highest BCUT2D eigenvalue weighted by Gasteiger charge is 2.66. The maximum atomic E-state index is 12.9. The summed E-state index contributed by atoms with van der Waals surface area (Å²) in [6.07, 6.45) is 0. The number of tetrazole rings is 2. The Morgan fingerprint density at radius 3 is 2.11 bits per heavy atom. The van der Waals surface area contributed by atoms with E-state index >= 15 is 0 Å². The number of aromatic nitrogens is 9. The van der Waals surface area contributed by atoms with Gasteiger partial charge in [-0.15, -0.1) is 56.8 Å². The number of nitrogens with zero attached hydrogens (tertiary/aromatic N) is 13. The number of methoxy groups -OCH3 is 1. The van der Waals surface area contributed by atoms with Gasteiger partial charge in [-0.2, -0.15) is 5.26 Å². The summed E-state index contributed by atoms with van der Waals surface area (Å²) < 4.78 is 8.30. The molecule has 0 bridgehead atoms. The van der Waals surface area contributed by atoms with Gasteiger partial charge < -0.3 is 36.2 Å². The number of aryl methyl sites for hydroxylation is 2. The highest BCUT2D eigenvalue weighted by molar-refractivity contribution is 8.01. The molecule has 0 radical (unpaired) electrons. The zero-order valence-corrected chi connectivity index (χ0v) is 38.0. The van der Waals surface area contributed by atoms with E-state index in [1.54, 1.807) is 19.5 Å². The van der Waals surface area contributed by atoms with Gasteiger partial charge in [-0.3, -0.25) is 29.0 Å². The van der Waals surface area contributed by atoms with Crippen LogP contribution in [0.3, 0.4) is 0 Å². The van der Waals surface area contributed by atoms with Crippen molar-refractivity contribution in [3.8, 4) is 6.07 Å². The molecule has 4 amide bonds. The second kappa shape index (κ2) is 20.4. The summed E-state index contributed by atoms with van der Waals surface area (Å²) in [5, 5.41) is 60.8. The smallest absolute Gasteiger partial charge is 0.352 e. The minimum absolute atomic E-state index is 0.0153. The van der Waals surface area contributed by atoms with Gasteiger partial charge in [0.2, 0.25) is 16.2 Å². The minimum Gasteiger partial charge on any atom is -0.477 e. The predicted octanol–water partition coefficient (Wildman–Crippen LogP) is -1.60. The monoisotopic (exact) mass is 982 g/mol. The Bertz CT molecular complexity index is 2450. The number of nitrogen functional groups attached to an aromatic ring is 1. The number of hydrogen-bond acceptors (Lipinski definition) is 24. The molecule has 334 valence electrons. The standard InChI is InChI=1S/C16H17N9O5S3.C15H17N7O5S3/c1-24-16(20-22-23-24)33-4-6-3-31-13-9(12(27)25(13)10(6)14(28)29)19-11(26)8(21-30-2)7-5-32-15(17)18-7;1-21-14(18-19-20-21)30-6-8-5-29-13-15(27-2,17-9(23)7-28-4-3-16)12(26)22(13)10(8)11(24)25/h5,9,13H,3-4H2,1-2H3,(H2,17,18)(H,19,26)(H,28,29);13H,4-7H2,1-2H3,(H,17,23)(H,24,25)/b21-8-;/t9-,13-;13-,15+/m11/s1. The number of carboxylic acid groups (broad SMARTS) is 2. The zero-order chi connectivity index (χ0) is 45.6. The van der Waals surface area contributed by atoms with E-state index in [0.717, 1.165) is 28.0 Å². The van der Waals surface area contributed by atoms with Crippen LogP contribution in [-0.2, 0) is 52.4 Å². The first-order valence-electron chi connectivity index (χ1n) is 17.6. The molecule has 0 aromatic carbocycles. The third-order valence-electron chi connectivity index (χ3n) is 8.97. The van der Waals surface area contributed by atoms with Crippen molar-refractivity contribution >= 4 is 117 Å². The quantitative estimate of drug-likeness (QED) is 0.0254.